The van der Waals surface area contributed by atoms with Crippen molar-refractivity contribution in [2.24, 2.45) is 0 Å². The van der Waals surface area contributed by atoms with Gasteiger partial charge in [-0.1, -0.05) is 6.07 Å². The van der Waals surface area contributed by atoms with Crippen LogP contribution in [0.15, 0.2) is 47.4 Å². The minimum atomic E-state index is -4.11. The molecule has 0 saturated carbocycles. The van der Waals surface area contributed by atoms with Crippen molar-refractivity contribution in [3.8, 4) is 11.5 Å². The lowest BCUT2D eigenvalue weighted by Gasteiger charge is -2.24. The molecule has 7 nitrogen and oxygen atoms in total. The molecule has 0 unspecified atom stereocenters. The first-order valence-electron chi connectivity index (χ1n) is 7.90. The van der Waals surface area contributed by atoms with Gasteiger partial charge in [0.25, 0.3) is 10.0 Å². The van der Waals surface area contributed by atoms with Gasteiger partial charge in [-0.15, -0.1) is 0 Å². The highest BCUT2D eigenvalue weighted by Gasteiger charge is 2.27. The summed E-state index contributed by atoms with van der Waals surface area (Å²) < 4.78 is 55.8. The van der Waals surface area contributed by atoms with Crippen LogP contribution in [0.3, 0.4) is 0 Å². The SMILES string of the molecule is COC(=O)CCN(c1cccc(F)c1)S(=O)(=O)c1ccc(OC)c(OC)c1. The Morgan fingerprint density at radius 3 is 2.33 bits per heavy atom. The minimum Gasteiger partial charge on any atom is -0.493 e. The maximum Gasteiger partial charge on any atom is 0.307 e. The average molecular weight is 397 g/mol. The van der Waals surface area contributed by atoms with Crippen LogP contribution in [0.1, 0.15) is 6.42 Å². The number of rotatable bonds is 8. The molecule has 2 aromatic carbocycles. The van der Waals surface area contributed by atoms with E-state index in [4.69, 9.17) is 9.47 Å². The number of ether oxygens (including phenoxy) is 3. The van der Waals surface area contributed by atoms with Crippen molar-refractivity contribution in [3.63, 3.8) is 0 Å². The fourth-order valence-electron chi connectivity index (χ4n) is 2.42. The number of carbonyl (C=O) groups is 1. The maximum atomic E-state index is 13.7. The lowest BCUT2D eigenvalue weighted by molar-refractivity contribution is -0.140. The summed E-state index contributed by atoms with van der Waals surface area (Å²) in [5.74, 6) is -0.592. The number of benzene rings is 2. The van der Waals surface area contributed by atoms with E-state index in [1.54, 1.807) is 0 Å². The van der Waals surface area contributed by atoms with Crippen LogP contribution in [-0.2, 0) is 19.6 Å². The monoisotopic (exact) mass is 397 g/mol. The first kappa shape index (κ1) is 20.5. The van der Waals surface area contributed by atoms with Gasteiger partial charge in [0.15, 0.2) is 11.5 Å². The molecule has 9 heteroatoms. The van der Waals surface area contributed by atoms with Crippen molar-refractivity contribution in [3.05, 3.63) is 48.3 Å². The van der Waals surface area contributed by atoms with E-state index in [1.165, 1.54) is 57.7 Å². The molecule has 0 radical (unpaired) electrons. The second-order valence-corrected chi connectivity index (χ2v) is 7.26. The van der Waals surface area contributed by atoms with Crippen LogP contribution < -0.4 is 13.8 Å². The second kappa shape index (κ2) is 8.72. The molecular weight excluding hydrogens is 377 g/mol. The van der Waals surface area contributed by atoms with E-state index in [0.717, 1.165) is 10.4 Å². The lowest BCUT2D eigenvalue weighted by Crippen LogP contribution is -2.33. The third kappa shape index (κ3) is 4.68. The molecule has 0 aliphatic heterocycles. The number of esters is 1. The highest BCUT2D eigenvalue weighted by molar-refractivity contribution is 7.92. The molecule has 0 fully saturated rings. The van der Waals surface area contributed by atoms with Gasteiger partial charge < -0.3 is 14.2 Å². The summed E-state index contributed by atoms with van der Waals surface area (Å²) in [6.07, 6.45) is -0.195. The van der Waals surface area contributed by atoms with Crippen LogP contribution in [0, 0.1) is 5.82 Å². The Morgan fingerprint density at radius 2 is 1.74 bits per heavy atom. The van der Waals surface area contributed by atoms with Gasteiger partial charge in [0, 0.05) is 12.6 Å². The average Bonchev–Trinajstić information content (AvgIpc) is 2.67. The van der Waals surface area contributed by atoms with Gasteiger partial charge in [-0.25, -0.2) is 12.8 Å². The standard InChI is InChI=1S/C18H20FNO6S/c1-24-16-8-7-15(12-17(16)25-2)27(22,23)20(10-9-18(21)26-3)14-6-4-5-13(19)11-14/h4-8,11-12H,9-10H2,1-3H3. The van der Waals surface area contributed by atoms with Crippen LogP contribution in [0.4, 0.5) is 10.1 Å². The summed E-state index contributed by atoms with van der Waals surface area (Å²) in [5, 5.41) is 0. The molecule has 146 valence electrons. The summed E-state index contributed by atoms with van der Waals surface area (Å²) in [6, 6.07) is 9.22. The van der Waals surface area contributed by atoms with E-state index < -0.39 is 21.8 Å². The van der Waals surface area contributed by atoms with Crippen molar-refractivity contribution in [2.75, 3.05) is 32.2 Å². The van der Waals surface area contributed by atoms with Gasteiger partial charge in [-0.05, 0) is 30.3 Å². The van der Waals surface area contributed by atoms with Crippen LogP contribution >= 0.6 is 0 Å². The van der Waals surface area contributed by atoms with Crippen molar-refractivity contribution in [2.45, 2.75) is 11.3 Å². The molecule has 0 spiro atoms. The molecule has 0 amide bonds. The molecule has 0 N–H and O–H groups in total. The van der Waals surface area contributed by atoms with Gasteiger partial charge in [0.05, 0.1) is 38.3 Å². The number of halogens is 1. The first-order valence-corrected chi connectivity index (χ1v) is 9.34. The molecular formula is C18H20FNO6S. The molecule has 0 bridgehead atoms. The smallest absolute Gasteiger partial charge is 0.307 e. The number of nitrogens with zero attached hydrogens (tertiary/aromatic N) is 1. The number of carbonyl (C=O) groups excluding carboxylic acids is 1. The zero-order valence-corrected chi connectivity index (χ0v) is 16.0. The normalized spacial score (nSPS) is 11.0. The number of anilines is 1. The summed E-state index contributed by atoms with van der Waals surface area (Å²) in [4.78, 5) is 11.4. The predicted octanol–water partition coefficient (Wildman–Crippen LogP) is 2.60. The molecule has 0 saturated heterocycles. The maximum absolute atomic E-state index is 13.7. The molecule has 0 atom stereocenters. The molecule has 0 aliphatic rings. The van der Waals surface area contributed by atoms with E-state index >= 15 is 0 Å². The predicted molar refractivity (Wildman–Crippen MR) is 97.1 cm³/mol. The van der Waals surface area contributed by atoms with Crippen LogP contribution in [-0.4, -0.2) is 42.3 Å². The zero-order chi connectivity index (χ0) is 20.0. The molecule has 0 aromatic heterocycles. The highest BCUT2D eigenvalue weighted by atomic mass is 32.2. The van der Waals surface area contributed by atoms with Gasteiger partial charge in [0.2, 0.25) is 0 Å². The van der Waals surface area contributed by atoms with Crippen molar-refractivity contribution >= 4 is 21.7 Å². The highest BCUT2D eigenvalue weighted by Crippen LogP contribution is 2.32. The quantitative estimate of drug-likeness (QED) is 0.637. The number of hydrogen-bond acceptors (Lipinski definition) is 6. The van der Waals surface area contributed by atoms with E-state index in [9.17, 15) is 17.6 Å². The van der Waals surface area contributed by atoms with Crippen molar-refractivity contribution < 1.29 is 31.8 Å². The molecule has 2 aromatic rings. The van der Waals surface area contributed by atoms with Crippen molar-refractivity contribution in [1.82, 2.24) is 0 Å². The zero-order valence-electron chi connectivity index (χ0n) is 15.1. The molecule has 0 aliphatic carbocycles. The van der Waals surface area contributed by atoms with E-state index in [2.05, 4.69) is 4.74 Å². The second-order valence-electron chi connectivity index (χ2n) is 5.40. The van der Waals surface area contributed by atoms with Crippen LogP contribution in [0.2, 0.25) is 0 Å². The van der Waals surface area contributed by atoms with Crippen molar-refractivity contribution in [1.29, 1.82) is 0 Å². The summed E-state index contributed by atoms with van der Waals surface area (Å²) in [6.45, 7) is -0.215. The Kier molecular flexibility index (Phi) is 6.62. The largest absolute Gasteiger partial charge is 0.493 e. The Labute approximate surface area is 157 Å². The summed E-state index contributed by atoms with van der Waals surface area (Å²) >= 11 is 0. The van der Waals surface area contributed by atoms with E-state index in [-0.39, 0.29) is 29.3 Å². The number of sulfonamides is 1. The molecule has 0 heterocycles. The lowest BCUT2D eigenvalue weighted by atomic mass is 10.3. The Balaban J connectivity index is 2.50. The third-order valence-corrected chi connectivity index (χ3v) is 5.61. The molecule has 27 heavy (non-hydrogen) atoms. The van der Waals surface area contributed by atoms with Gasteiger partial charge in [0.1, 0.15) is 5.82 Å². The fraction of sp³-hybridized carbons (Fsp3) is 0.278. The van der Waals surface area contributed by atoms with Crippen LogP contribution in [0.5, 0.6) is 11.5 Å². The Bertz CT molecular complexity index is 916. The fourth-order valence-corrected chi connectivity index (χ4v) is 3.89. The van der Waals surface area contributed by atoms with Gasteiger partial charge >= 0.3 is 5.97 Å². The third-order valence-electron chi connectivity index (χ3n) is 3.79. The van der Waals surface area contributed by atoms with E-state index in [0.29, 0.717) is 5.75 Å². The topological polar surface area (TPSA) is 82.1 Å². The summed E-state index contributed by atoms with van der Waals surface area (Å²) in [5.41, 5.74) is 0.0914. The van der Waals surface area contributed by atoms with Crippen LogP contribution in [0.25, 0.3) is 0 Å². The minimum absolute atomic E-state index is 0.0886. The number of hydrogen-bond donors (Lipinski definition) is 0. The Morgan fingerprint density at radius 1 is 1.04 bits per heavy atom. The first-order chi connectivity index (χ1) is 12.8. The van der Waals surface area contributed by atoms with Gasteiger partial charge in [-0.3, -0.25) is 9.10 Å². The van der Waals surface area contributed by atoms with Gasteiger partial charge in [-0.2, -0.15) is 0 Å². The summed E-state index contributed by atoms with van der Waals surface area (Å²) in [7, 11) is -0.0862. The number of methoxy groups -OCH3 is 3. The van der Waals surface area contributed by atoms with E-state index in [1.807, 2.05) is 0 Å². The molecule has 2 rings (SSSR count). The Hall–Kier alpha value is -2.81.